The number of hydrogen-bond donors (Lipinski definition) is 0. The molecule has 1 unspecified atom stereocenters. The van der Waals surface area contributed by atoms with Gasteiger partial charge in [0.05, 0.1) is 18.9 Å². The van der Waals surface area contributed by atoms with E-state index in [4.69, 9.17) is 4.74 Å². The van der Waals surface area contributed by atoms with E-state index in [1.807, 2.05) is 23.1 Å². The van der Waals surface area contributed by atoms with Gasteiger partial charge in [-0.3, -0.25) is 14.8 Å². The third-order valence-corrected chi connectivity index (χ3v) is 4.28. The highest BCUT2D eigenvalue weighted by molar-refractivity contribution is 5.76. The van der Waals surface area contributed by atoms with E-state index < -0.39 is 0 Å². The van der Waals surface area contributed by atoms with Gasteiger partial charge in [0.2, 0.25) is 5.91 Å². The van der Waals surface area contributed by atoms with Crippen molar-refractivity contribution in [3.63, 3.8) is 0 Å². The molecule has 5 nitrogen and oxygen atoms in total. The summed E-state index contributed by atoms with van der Waals surface area (Å²) in [7, 11) is 0. The van der Waals surface area contributed by atoms with Crippen LogP contribution >= 0.6 is 0 Å². The molecular weight excluding hydrogens is 302 g/mol. The number of carbonyl (C=O) groups is 1. The molecule has 1 saturated heterocycles. The Bertz CT molecular complexity index is 634. The average molecular weight is 325 g/mol. The zero-order valence-electron chi connectivity index (χ0n) is 13.8. The number of hydrogen-bond acceptors (Lipinski definition) is 4. The van der Waals surface area contributed by atoms with Crippen LogP contribution in [0, 0.1) is 5.92 Å². The Balaban J connectivity index is 1.54. The summed E-state index contributed by atoms with van der Waals surface area (Å²) in [4.78, 5) is 22.9. The van der Waals surface area contributed by atoms with E-state index in [9.17, 15) is 4.79 Å². The Morgan fingerprint density at radius 2 is 2.12 bits per heavy atom. The molecule has 2 heterocycles. The van der Waals surface area contributed by atoms with Gasteiger partial charge in [0.1, 0.15) is 0 Å². The Morgan fingerprint density at radius 1 is 1.25 bits per heavy atom. The Hall–Kier alpha value is -2.27. The molecule has 2 aromatic rings. The molecular formula is C19H23N3O2. The summed E-state index contributed by atoms with van der Waals surface area (Å²) in [6.07, 6.45) is 7.28. The quantitative estimate of drug-likeness (QED) is 0.845. The fraction of sp³-hybridized carbons (Fsp3) is 0.421. The van der Waals surface area contributed by atoms with Crippen LogP contribution < -0.4 is 0 Å². The van der Waals surface area contributed by atoms with Crippen LogP contribution in [0.1, 0.15) is 17.7 Å². The van der Waals surface area contributed by atoms with Gasteiger partial charge in [-0.2, -0.15) is 0 Å². The van der Waals surface area contributed by atoms with Crippen LogP contribution in [0.15, 0.2) is 48.9 Å². The van der Waals surface area contributed by atoms with Gasteiger partial charge in [0.25, 0.3) is 0 Å². The van der Waals surface area contributed by atoms with Crippen LogP contribution in [0.5, 0.6) is 0 Å². The van der Waals surface area contributed by atoms with Gasteiger partial charge in [-0.25, -0.2) is 0 Å². The minimum absolute atomic E-state index is 0.202. The normalized spacial score (nSPS) is 18.2. The van der Waals surface area contributed by atoms with Crippen LogP contribution in [0.4, 0.5) is 0 Å². The van der Waals surface area contributed by atoms with Gasteiger partial charge in [-0.15, -0.1) is 0 Å². The first-order valence-corrected chi connectivity index (χ1v) is 8.45. The fourth-order valence-electron chi connectivity index (χ4n) is 3.02. The van der Waals surface area contributed by atoms with Gasteiger partial charge < -0.3 is 9.64 Å². The smallest absolute Gasteiger partial charge is 0.222 e. The van der Waals surface area contributed by atoms with E-state index in [1.54, 1.807) is 18.6 Å². The lowest BCUT2D eigenvalue weighted by Crippen LogP contribution is -2.36. The van der Waals surface area contributed by atoms with Crippen molar-refractivity contribution in [1.82, 2.24) is 14.9 Å². The monoisotopic (exact) mass is 325 g/mol. The molecule has 1 aromatic carbocycles. The SMILES string of the molecule is O=C(CCc1ccccc1)N1CCOCC(Cc2cnccn2)C1. The maximum atomic E-state index is 12.6. The maximum Gasteiger partial charge on any atom is 0.222 e. The molecule has 1 atom stereocenters. The standard InChI is InChI=1S/C19H23N3O2/c23-19(7-6-16-4-2-1-3-5-16)22-10-11-24-15-17(14-22)12-18-13-20-8-9-21-18/h1-5,8-9,13,17H,6-7,10-12,14-15H2. The van der Waals surface area contributed by atoms with Crippen LogP contribution in [-0.2, 0) is 22.4 Å². The summed E-state index contributed by atoms with van der Waals surface area (Å²) in [6, 6.07) is 10.1. The molecule has 3 rings (SSSR count). The number of amides is 1. The predicted molar refractivity (Wildman–Crippen MR) is 91.4 cm³/mol. The molecule has 0 aliphatic carbocycles. The van der Waals surface area contributed by atoms with Crippen molar-refractivity contribution >= 4 is 5.91 Å². The lowest BCUT2D eigenvalue weighted by Gasteiger charge is -2.23. The maximum absolute atomic E-state index is 12.6. The third kappa shape index (κ3) is 4.86. The highest BCUT2D eigenvalue weighted by Gasteiger charge is 2.22. The molecule has 126 valence electrons. The molecule has 5 heteroatoms. The molecule has 0 N–H and O–H groups in total. The Labute approximate surface area is 142 Å². The number of ether oxygens (including phenoxy) is 1. The first kappa shape index (κ1) is 16.6. The van der Waals surface area contributed by atoms with E-state index >= 15 is 0 Å². The van der Waals surface area contributed by atoms with Gasteiger partial charge >= 0.3 is 0 Å². The molecule has 24 heavy (non-hydrogen) atoms. The topological polar surface area (TPSA) is 55.3 Å². The van der Waals surface area contributed by atoms with Crippen molar-refractivity contribution in [3.8, 4) is 0 Å². The number of aromatic nitrogens is 2. The fourth-order valence-corrected chi connectivity index (χ4v) is 3.02. The van der Waals surface area contributed by atoms with Crippen LogP contribution in [0.25, 0.3) is 0 Å². The molecule has 1 aromatic heterocycles. The lowest BCUT2D eigenvalue weighted by atomic mass is 10.0. The summed E-state index contributed by atoms with van der Waals surface area (Å²) < 4.78 is 5.68. The number of benzene rings is 1. The lowest BCUT2D eigenvalue weighted by molar-refractivity contribution is -0.131. The first-order valence-electron chi connectivity index (χ1n) is 8.45. The van der Waals surface area contributed by atoms with Crippen molar-refractivity contribution in [2.45, 2.75) is 19.3 Å². The van der Waals surface area contributed by atoms with Gasteiger partial charge in [-0.1, -0.05) is 30.3 Å². The highest BCUT2D eigenvalue weighted by atomic mass is 16.5. The van der Waals surface area contributed by atoms with Crippen molar-refractivity contribution in [1.29, 1.82) is 0 Å². The molecule has 1 aliphatic rings. The van der Waals surface area contributed by atoms with Crippen LogP contribution in [0.2, 0.25) is 0 Å². The minimum atomic E-state index is 0.202. The summed E-state index contributed by atoms with van der Waals surface area (Å²) in [5, 5.41) is 0. The summed E-state index contributed by atoms with van der Waals surface area (Å²) in [5.74, 6) is 0.471. The van der Waals surface area contributed by atoms with Crippen LogP contribution in [0.3, 0.4) is 0 Å². The zero-order chi connectivity index (χ0) is 16.6. The molecule has 0 bridgehead atoms. The average Bonchev–Trinajstić information content (AvgIpc) is 2.87. The van der Waals surface area contributed by atoms with Gasteiger partial charge in [0, 0.05) is 44.0 Å². The second-order valence-corrected chi connectivity index (χ2v) is 6.17. The van der Waals surface area contributed by atoms with Crippen molar-refractivity contribution in [3.05, 3.63) is 60.2 Å². The Morgan fingerprint density at radius 3 is 2.92 bits per heavy atom. The predicted octanol–water partition coefficient (Wildman–Crippen LogP) is 2.13. The first-order chi connectivity index (χ1) is 11.8. The number of aryl methyl sites for hydroxylation is 1. The second kappa shape index (κ2) is 8.55. The van der Waals surface area contributed by atoms with E-state index in [1.165, 1.54) is 5.56 Å². The number of nitrogens with zero attached hydrogens (tertiary/aromatic N) is 3. The minimum Gasteiger partial charge on any atom is -0.379 e. The third-order valence-electron chi connectivity index (χ3n) is 4.28. The van der Waals surface area contributed by atoms with Crippen LogP contribution in [-0.4, -0.2) is 47.1 Å². The van der Waals surface area contributed by atoms with Crippen molar-refractivity contribution in [2.75, 3.05) is 26.3 Å². The number of rotatable bonds is 5. The van der Waals surface area contributed by atoms with Gasteiger partial charge in [0.15, 0.2) is 0 Å². The molecule has 1 aliphatic heterocycles. The summed E-state index contributed by atoms with van der Waals surface area (Å²) >= 11 is 0. The summed E-state index contributed by atoms with van der Waals surface area (Å²) in [6.45, 7) is 2.67. The number of carbonyl (C=O) groups excluding carboxylic acids is 1. The van der Waals surface area contributed by atoms with E-state index in [0.717, 1.165) is 25.1 Å². The summed E-state index contributed by atoms with van der Waals surface area (Å²) in [5.41, 5.74) is 2.15. The molecule has 0 spiro atoms. The molecule has 0 saturated carbocycles. The Kier molecular flexibility index (Phi) is 5.90. The molecule has 1 amide bonds. The van der Waals surface area contributed by atoms with E-state index in [2.05, 4.69) is 22.1 Å². The van der Waals surface area contributed by atoms with E-state index in [0.29, 0.717) is 26.2 Å². The van der Waals surface area contributed by atoms with Crippen molar-refractivity contribution in [2.24, 2.45) is 5.92 Å². The van der Waals surface area contributed by atoms with Crippen molar-refractivity contribution < 1.29 is 9.53 Å². The second-order valence-electron chi connectivity index (χ2n) is 6.17. The molecule has 1 fully saturated rings. The molecule has 0 radical (unpaired) electrons. The van der Waals surface area contributed by atoms with Gasteiger partial charge in [-0.05, 0) is 18.4 Å². The largest absolute Gasteiger partial charge is 0.379 e. The van der Waals surface area contributed by atoms with E-state index in [-0.39, 0.29) is 11.8 Å². The highest BCUT2D eigenvalue weighted by Crippen LogP contribution is 2.14. The zero-order valence-corrected chi connectivity index (χ0v) is 13.8.